The van der Waals surface area contributed by atoms with Crippen molar-refractivity contribution in [1.29, 1.82) is 0 Å². The van der Waals surface area contributed by atoms with Gasteiger partial charge in [-0.15, -0.1) is 0 Å². The zero-order chi connectivity index (χ0) is 12.7. The third kappa shape index (κ3) is 4.67. The van der Waals surface area contributed by atoms with Gasteiger partial charge < -0.3 is 15.6 Å². The Hall–Kier alpha value is -1.85. The molecule has 1 unspecified atom stereocenters. The van der Waals surface area contributed by atoms with E-state index in [1.54, 1.807) is 12.5 Å². The Morgan fingerprint density at radius 1 is 1.53 bits per heavy atom. The van der Waals surface area contributed by atoms with Gasteiger partial charge in [-0.05, 0) is 6.42 Å². The number of carbonyl (C=O) groups excluding carboxylic acids is 2. The van der Waals surface area contributed by atoms with Crippen LogP contribution in [0.3, 0.4) is 0 Å². The lowest BCUT2D eigenvalue weighted by molar-refractivity contribution is -0.125. The summed E-state index contributed by atoms with van der Waals surface area (Å²) in [7, 11) is 0. The third-order valence-corrected chi connectivity index (χ3v) is 2.45. The molecule has 0 radical (unpaired) electrons. The Bertz CT molecular complexity index is 362. The molecule has 0 aliphatic rings. The van der Waals surface area contributed by atoms with Crippen LogP contribution in [0, 0.1) is 0 Å². The molecule has 0 aromatic carbocycles. The van der Waals surface area contributed by atoms with Gasteiger partial charge in [0.25, 0.3) is 0 Å². The van der Waals surface area contributed by atoms with E-state index >= 15 is 0 Å². The number of hydrogen-bond acceptors (Lipinski definition) is 3. The maximum Gasteiger partial charge on any atom is 0.236 e. The largest absolute Gasteiger partial charge is 0.368 e. The fourth-order valence-electron chi connectivity index (χ4n) is 1.65. The summed E-state index contributed by atoms with van der Waals surface area (Å²) in [6, 6.07) is 0.0791. The molecule has 0 fully saturated rings. The molecular formula is C11H18N4O2. The molecule has 3 N–H and O–H groups in total. The number of amides is 2. The summed E-state index contributed by atoms with van der Waals surface area (Å²) in [5.74, 6) is -0.705. The van der Waals surface area contributed by atoms with Crippen molar-refractivity contribution in [3.63, 3.8) is 0 Å². The first-order valence-corrected chi connectivity index (χ1v) is 5.66. The second kappa shape index (κ2) is 6.67. The Labute approximate surface area is 100 Å². The normalized spacial score (nSPS) is 12.1. The number of nitrogens with one attached hydrogen (secondary N) is 1. The Morgan fingerprint density at radius 2 is 2.29 bits per heavy atom. The number of carbonyl (C=O) groups is 2. The number of primary amides is 1. The summed E-state index contributed by atoms with van der Waals surface area (Å²) in [4.78, 5) is 26.1. The first-order valence-electron chi connectivity index (χ1n) is 5.66. The van der Waals surface area contributed by atoms with Gasteiger partial charge in [-0.1, -0.05) is 13.3 Å². The second-order valence-corrected chi connectivity index (χ2v) is 3.90. The molecule has 6 nitrogen and oxygen atoms in total. The summed E-state index contributed by atoms with van der Waals surface area (Å²) < 4.78 is 1.91. The predicted octanol–water partition coefficient (Wildman–Crippen LogP) is 0.216. The molecule has 17 heavy (non-hydrogen) atoms. The molecule has 0 aliphatic carbocycles. The molecule has 1 heterocycles. The van der Waals surface area contributed by atoms with Crippen molar-refractivity contribution < 1.29 is 9.59 Å². The number of rotatable bonds is 7. The highest BCUT2D eigenvalue weighted by Gasteiger charge is 2.14. The van der Waals surface area contributed by atoms with Gasteiger partial charge in [-0.25, -0.2) is 4.98 Å². The molecule has 1 aromatic rings. The lowest BCUT2D eigenvalue weighted by Crippen LogP contribution is -2.34. The van der Waals surface area contributed by atoms with E-state index in [-0.39, 0.29) is 18.5 Å². The van der Waals surface area contributed by atoms with Crippen LogP contribution in [-0.4, -0.2) is 27.9 Å². The second-order valence-electron chi connectivity index (χ2n) is 3.90. The van der Waals surface area contributed by atoms with Crippen molar-refractivity contribution in [2.45, 2.75) is 32.2 Å². The molecule has 0 aliphatic heterocycles. The average Bonchev–Trinajstić information content (AvgIpc) is 2.79. The van der Waals surface area contributed by atoms with Crippen molar-refractivity contribution in [2.75, 3.05) is 6.54 Å². The topological polar surface area (TPSA) is 90.0 Å². The molecule has 1 aromatic heterocycles. The predicted molar refractivity (Wildman–Crippen MR) is 63.0 cm³/mol. The zero-order valence-corrected chi connectivity index (χ0v) is 9.93. The van der Waals surface area contributed by atoms with Gasteiger partial charge in [-0.3, -0.25) is 9.59 Å². The number of imidazole rings is 1. The highest BCUT2D eigenvalue weighted by molar-refractivity contribution is 5.83. The van der Waals surface area contributed by atoms with Crippen molar-refractivity contribution >= 4 is 11.8 Å². The summed E-state index contributed by atoms with van der Waals surface area (Å²) in [5, 5.41) is 2.49. The van der Waals surface area contributed by atoms with E-state index < -0.39 is 5.91 Å². The molecule has 2 amide bonds. The van der Waals surface area contributed by atoms with E-state index in [2.05, 4.69) is 17.2 Å². The van der Waals surface area contributed by atoms with Crippen LogP contribution in [0.2, 0.25) is 0 Å². The summed E-state index contributed by atoms with van der Waals surface area (Å²) in [6.07, 6.45) is 7.41. The highest BCUT2D eigenvalue weighted by atomic mass is 16.2. The number of nitrogens with two attached hydrogens (primary N) is 1. The highest BCUT2D eigenvalue weighted by Crippen LogP contribution is 2.17. The van der Waals surface area contributed by atoms with Crippen LogP contribution in [0.15, 0.2) is 18.7 Å². The Balaban J connectivity index is 2.49. The maximum absolute atomic E-state index is 11.6. The maximum atomic E-state index is 11.6. The van der Waals surface area contributed by atoms with E-state index in [1.165, 1.54) is 0 Å². The molecule has 6 heteroatoms. The summed E-state index contributed by atoms with van der Waals surface area (Å²) in [5.41, 5.74) is 4.96. The van der Waals surface area contributed by atoms with Crippen molar-refractivity contribution in [3.05, 3.63) is 18.7 Å². The average molecular weight is 238 g/mol. The Morgan fingerprint density at radius 3 is 2.82 bits per heavy atom. The quantitative estimate of drug-likeness (QED) is 0.711. The molecule has 0 spiro atoms. The number of nitrogens with zero attached hydrogens (tertiary/aromatic N) is 2. The van der Waals surface area contributed by atoms with Gasteiger partial charge in [0.15, 0.2) is 0 Å². The van der Waals surface area contributed by atoms with Crippen molar-refractivity contribution in [2.24, 2.45) is 5.73 Å². The van der Waals surface area contributed by atoms with E-state index in [0.717, 1.165) is 12.8 Å². The molecule has 1 rings (SSSR count). The minimum absolute atomic E-state index is 0.0791. The van der Waals surface area contributed by atoms with Crippen LogP contribution in [0.4, 0.5) is 0 Å². The first-order chi connectivity index (χ1) is 8.13. The zero-order valence-electron chi connectivity index (χ0n) is 9.93. The smallest absolute Gasteiger partial charge is 0.236 e. The fourth-order valence-corrected chi connectivity index (χ4v) is 1.65. The Kier molecular flexibility index (Phi) is 5.19. The molecule has 0 saturated carbocycles. The van der Waals surface area contributed by atoms with E-state index in [4.69, 9.17) is 5.73 Å². The minimum atomic E-state index is -0.534. The number of hydrogen-bond donors (Lipinski definition) is 2. The van der Waals surface area contributed by atoms with Crippen LogP contribution < -0.4 is 11.1 Å². The van der Waals surface area contributed by atoms with Crippen LogP contribution >= 0.6 is 0 Å². The summed E-state index contributed by atoms with van der Waals surface area (Å²) >= 11 is 0. The van der Waals surface area contributed by atoms with Crippen LogP contribution in [0.5, 0.6) is 0 Å². The van der Waals surface area contributed by atoms with E-state index in [9.17, 15) is 9.59 Å². The molecule has 1 atom stereocenters. The molecular weight excluding hydrogens is 220 g/mol. The van der Waals surface area contributed by atoms with Gasteiger partial charge in [0.05, 0.1) is 12.9 Å². The SMILES string of the molecule is CCCC(CC(=O)NCC(N)=O)n1ccnc1. The lowest BCUT2D eigenvalue weighted by atomic mass is 10.1. The van der Waals surface area contributed by atoms with Crippen molar-refractivity contribution in [3.8, 4) is 0 Å². The van der Waals surface area contributed by atoms with Crippen LogP contribution in [0.1, 0.15) is 32.2 Å². The van der Waals surface area contributed by atoms with Gasteiger partial charge in [0.2, 0.25) is 11.8 Å². The summed E-state index contributed by atoms with van der Waals surface area (Å²) in [6.45, 7) is 1.95. The lowest BCUT2D eigenvalue weighted by Gasteiger charge is -2.17. The van der Waals surface area contributed by atoms with E-state index in [1.807, 2.05) is 10.8 Å². The monoisotopic (exact) mass is 238 g/mol. The molecule has 0 bridgehead atoms. The van der Waals surface area contributed by atoms with E-state index in [0.29, 0.717) is 6.42 Å². The number of aromatic nitrogens is 2. The molecule has 0 saturated heterocycles. The van der Waals surface area contributed by atoms with Gasteiger partial charge >= 0.3 is 0 Å². The standard InChI is InChI=1S/C11H18N4O2/c1-2-3-9(15-5-4-13-8-15)6-11(17)14-7-10(12)16/h4-5,8-9H,2-3,6-7H2,1H3,(H2,12,16)(H,14,17). The third-order valence-electron chi connectivity index (χ3n) is 2.45. The van der Waals surface area contributed by atoms with Crippen LogP contribution in [-0.2, 0) is 9.59 Å². The fraction of sp³-hybridized carbons (Fsp3) is 0.545. The first kappa shape index (κ1) is 13.2. The van der Waals surface area contributed by atoms with Gasteiger partial charge in [0, 0.05) is 24.9 Å². The van der Waals surface area contributed by atoms with Gasteiger partial charge in [0.1, 0.15) is 0 Å². The molecule has 94 valence electrons. The van der Waals surface area contributed by atoms with Gasteiger partial charge in [-0.2, -0.15) is 0 Å². The van der Waals surface area contributed by atoms with Crippen LogP contribution in [0.25, 0.3) is 0 Å². The minimum Gasteiger partial charge on any atom is -0.368 e. The van der Waals surface area contributed by atoms with Crippen molar-refractivity contribution in [1.82, 2.24) is 14.9 Å².